The summed E-state index contributed by atoms with van der Waals surface area (Å²) < 4.78 is 25.9. The van der Waals surface area contributed by atoms with E-state index in [1.54, 1.807) is 0 Å². The minimum absolute atomic E-state index is 0.0265. The van der Waals surface area contributed by atoms with Crippen LogP contribution < -0.4 is 14.2 Å². The topological polar surface area (TPSA) is 185 Å². The number of methoxy groups -OCH3 is 2. The molecule has 1 heterocycles. The first kappa shape index (κ1) is 25.3. The Hall–Kier alpha value is -3.29. The maximum atomic E-state index is 12.4. The Morgan fingerprint density at radius 3 is 2.15 bits per heavy atom. The van der Waals surface area contributed by atoms with Crippen molar-refractivity contribution in [2.75, 3.05) is 20.8 Å². The molecule has 0 radical (unpaired) electrons. The summed E-state index contributed by atoms with van der Waals surface area (Å²) in [5, 5.41) is 59.2. The minimum Gasteiger partial charge on any atom is -0.504 e. The number of ether oxygens (including phenoxy) is 5. The van der Waals surface area contributed by atoms with Crippen molar-refractivity contribution in [3.05, 3.63) is 41.5 Å². The summed E-state index contributed by atoms with van der Waals surface area (Å²) in [6.45, 7) is -0.849. The second kappa shape index (κ2) is 10.8. The number of rotatable bonds is 8. The number of benzene rings is 2. The quantitative estimate of drug-likeness (QED) is 0.269. The van der Waals surface area contributed by atoms with Crippen molar-refractivity contribution in [1.82, 2.24) is 0 Å². The maximum Gasteiger partial charge on any atom is 0.338 e. The molecule has 12 heteroatoms. The predicted molar refractivity (Wildman–Crippen MR) is 113 cm³/mol. The van der Waals surface area contributed by atoms with Gasteiger partial charge in [-0.1, -0.05) is 6.07 Å². The Morgan fingerprint density at radius 1 is 0.941 bits per heavy atom. The molecule has 1 aliphatic rings. The molecule has 12 nitrogen and oxygen atoms in total. The average Bonchev–Trinajstić information content (AvgIpc) is 2.84. The van der Waals surface area contributed by atoms with E-state index in [9.17, 15) is 35.4 Å². The lowest BCUT2D eigenvalue weighted by Crippen LogP contribution is -2.60. The summed E-state index contributed by atoms with van der Waals surface area (Å²) in [6.07, 6.45) is -7.45. The number of aromatic hydroxyl groups is 2. The van der Waals surface area contributed by atoms with Gasteiger partial charge in [0.25, 0.3) is 0 Å². The number of carbonyl (C=O) groups is 1. The van der Waals surface area contributed by atoms with Gasteiger partial charge in [-0.05, 0) is 29.8 Å². The third-order valence-electron chi connectivity index (χ3n) is 5.20. The molecule has 6 N–H and O–H groups in total. The van der Waals surface area contributed by atoms with Crippen molar-refractivity contribution in [3.63, 3.8) is 0 Å². The lowest BCUT2D eigenvalue weighted by molar-refractivity contribution is -0.277. The van der Waals surface area contributed by atoms with Crippen molar-refractivity contribution in [1.29, 1.82) is 0 Å². The first-order valence-electron chi connectivity index (χ1n) is 10.1. The number of hydrogen-bond donors (Lipinski definition) is 6. The van der Waals surface area contributed by atoms with E-state index in [0.29, 0.717) is 5.56 Å². The highest BCUT2D eigenvalue weighted by atomic mass is 16.7. The number of aliphatic hydroxyl groups is 4. The van der Waals surface area contributed by atoms with Gasteiger partial charge < -0.3 is 54.3 Å². The highest BCUT2D eigenvalue weighted by Gasteiger charge is 2.44. The molecule has 186 valence electrons. The van der Waals surface area contributed by atoms with Crippen LogP contribution in [0.15, 0.2) is 30.3 Å². The van der Waals surface area contributed by atoms with Gasteiger partial charge >= 0.3 is 5.97 Å². The number of phenols is 2. The van der Waals surface area contributed by atoms with Gasteiger partial charge in [0.15, 0.2) is 23.0 Å². The third-order valence-corrected chi connectivity index (χ3v) is 5.20. The largest absolute Gasteiger partial charge is 0.504 e. The van der Waals surface area contributed by atoms with Crippen LogP contribution in [0.25, 0.3) is 0 Å². The van der Waals surface area contributed by atoms with E-state index in [2.05, 4.69) is 0 Å². The molecule has 5 atom stereocenters. The number of carbonyl (C=O) groups excluding carboxylic acids is 1. The van der Waals surface area contributed by atoms with Crippen LogP contribution >= 0.6 is 0 Å². The van der Waals surface area contributed by atoms with Crippen LogP contribution in [0.4, 0.5) is 0 Å². The molecule has 34 heavy (non-hydrogen) atoms. The Kier molecular flexibility index (Phi) is 8.02. The first-order valence-corrected chi connectivity index (χ1v) is 10.1. The number of hydrogen-bond acceptors (Lipinski definition) is 12. The maximum absolute atomic E-state index is 12.4. The average molecular weight is 482 g/mol. The standard InChI is InChI=1S/C22H26O12/c1-30-14-6-11(7-15(31-2)17(14)25)21(29)32-9-10-3-4-13(12(24)5-10)33-22-20(28)19(27)18(26)16(8-23)34-22/h3-7,16,18-20,22-28H,8-9H2,1-2H3/t16-,18-,19+,20-,22+/m1/s1. The van der Waals surface area contributed by atoms with Crippen LogP contribution in [-0.2, 0) is 16.1 Å². The van der Waals surface area contributed by atoms with Crippen LogP contribution in [0.2, 0.25) is 0 Å². The fraction of sp³-hybridized carbons (Fsp3) is 0.409. The fourth-order valence-corrected chi connectivity index (χ4v) is 3.29. The predicted octanol–water partition coefficient (Wildman–Crippen LogP) is -0.349. The summed E-state index contributed by atoms with van der Waals surface area (Å²) in [4.78, 5) is 12.4. The SMILES string of the molecule is COc1cc(C(=O)OCc2ccc(O[C@H]3O[C@H](CO)[C@@H](O)[C@H](O)[C@H]3O)c(O)c2)cc(OC)c1O. The fourth-order valence-electron chi connectivity index (χ4n) is 3.29. The van der Waals surface area contributed by atoms with Gasteiger partial charge in [0.1, 0.15) is 31.0 Å². The van der Waals surface area contributed by atoms with Gasteiger partial charge in [-0.15, -0.1) is 0 Å². The molecule has 0 saturated carbocycles. The molecule has 1 fully saturated rings. The van der Waals surface area contributed by atoms with E-state index in [0.717, 1.165) is 0 Å². The smallest absolute Gasteiger partial charge is 0.338 e. The molecule has 3 rings (SSSR count). The van der Waals surface area contributed by atoms with Crippen molar-refractivity contribution in [2.45, 2.75) is 37.3 Å². The molecule has 2 aromatic rings. The Labute approximate surface area is 194 Å². The van der Waals surface area contributed by atoms with E-state index in [-0.39, 0.29) is 40.9 Å². The van der Waals surface area contributed by atoms with Crippen molar-refractivity contribution < 1.29 is 59.1 Å². The lowest BCUT2D eigenvalue weighted by Gasteiger charge is -2.39. The molecule has 1 saturated heterocycles. The highest BCUT2D eigenvalue weighted by molar-refractivity contribution is 5.91. The summed E-state index contributed by atoms with van der Waals surface area (Å²) >= 11 is 0. The molecule has 0 spiro atoms. The zero-order chi connectivity index (χ0) is 25.0. The van der Waals surface area contributed by atoms with Gasteiger partial charge in [0.05, 0.1) is 26.4 Å². The van der Waals surface area contributed by atoms with Crippen molar-refractivity contribution >= 4 is 5.97 Å². The summed E-state index contributed by atoms with van der Waals surface area (Å²) in [6, 6.07) is 6.63. The van der Waals surface area contributed by atoms with Crippen molar-refractivity contribution in [2.24, 2.45) is 0 Å². The molecular formula is C22H26O12. The van der Waals surface area contributed by atoms with Gasteiger partial charge in [0.2, 0.25) is 12.0 Å². The zero-order valence-electron chi connectivity index (χ0n) is 18.3. The number of phenolic OH excluding ortho intramolecular Hbond substituents is 2. The minimum atomic E-state index is -1.64. The Balaban J connectivity index is 1.66. The Bertz CT molecular complexity index is 982. The van der Waals surface area contributed by atoms with E-state index in [1.807, 2.05) is 0 Å². The normalized spacial score (nSPS) is 24.4. The molecule has 0 aliphatic carbocycles. The molecule has 0 unspecified atom stereocenters. The molecule has 1 aliphatic heterocycles. The Morgan fingerprint density at radius 2 is 1.59 bits per heavy atom. The third kappa shape index (κ3) is 5.26. The van der Waals surface area contributed by atoms with Gasteiger partial charge in [-0.3, -0.25) is 0 Å². The number of aliphatic hydroxyl groups excluding tert-OH is 4. The molecule has 0 bridgehead atoms. The summed E-state index contributed by atoms with van der Waals surface area (Å²) in [5.74, 6) is -1.44. The van der Waals surface area contributed by atoms with Crippen LogP contribution in [0.5, 0.6) is 28.7 Å². The molecule has 0 amide bonds. The van der Waals surface area contributed by atoms with E-state index >= 15 is 0 Å². The van der Waals surface area contributed by atoms with Crippen LogP contribution in [0, 0.1) is 0 Å². The summed E-state index contributed by atoms with van der Waals surface area (Å²) in [5.41, 5.74) is 0.461. The second-order valence-electron chi connectivity index (χ2n) is 7.42. The van der Waals surface area contributed by atoms with E-state index in [1.165, 1.54) is 44.6 Å². The van der Waals surface area contributed by atoms with Crippen molar-refractivity contribution in [3.8, 4) is 28.7 Å². The van der Waals surface area contributed by atoms with E-state index in [4.69, 9.17) is 23.7 Å². The second-order valence-corrected chi connectivity index (χ2v) is 7.42. The van der Waals surface area contributed by atoms with Gasteiger partial charge in [0, 0.05) is 0 Å². The molecule has 0 aromatic heterocycles. The van der Waals surface area contributed by atoms with Crippen LogP contribution in [-0.4, -0.2) is 88.1 Å². The summed E-state index contributed by atoms with van der Waals surface area (Å²) in [7, 11) is 2.64. The van der Waals surface area contributed by atoms with Crippen LogP contribution in [0.1, 0.15) is 15.9 Å². The van der Waals surface area contributed by atoms with E-state index < -0.39 is 43.3 Å². The zero-order valence-corrected chi connectivity index (χ0v) is 18.3. The van der Waals surface area contributed by atoms with Gasteiger partial charge in [-0.2, -0.15) is 0 Å². The lowest BCUT2D eigenvalue weighted by atomic mass is 9.99. The first-order chi connectivity index (χ1) is 16.2. The molecular weight excluding hydrogens is 456 g/mol. The monoisotopic (exact) mass is 482 g/mol. The number of esters is 1. The van der Waals surface area contributed by atoms with Crippen LogP contribution in [0.3, 0.4) is 0 Å². The highest BCUT2D eigenvalue weighted by Crippen LogP contribution is 2.37. The molecule has 2 aromatic carbocycles. The van der Waals surface area contributed by atoms with Gasteiger partial charge in [-0.25, -0.2) is 4.79 Å².